The number of ether oxygens (including phenoxy) is 1. The topological polar surface area (TPSA) is 38.3 Å². The number of carbonyl (C=O) groups excluding carboxylic acids is 1. The van der Waals surface area contributed by atoms with Crippen LogP contribution in [-0.4, -0.2) is 25.2 Å². The Balaban J connectivity index is 2.19. The molecule has 1 N–H and O–H groups in total. The van der Waals surface area contributed by atoms with Gasteiger partial charge in [0.05, 0.1) is 6.61 Å². The van der Waals surface area contributed by atoms with Crippen molar-refractivity contribution in [2.75, 3.05) is 13.2 Å². The van der Waals surface area contributed by atoms with Crippen molar-refractivity contribution in [3.63, 3.8) is 0 Å². The monoisotopic (exact) mass is 213 g/mol. The molecule has 0 radical (unpaired) electrons. The van der Waals surface area contributed by atoms with Crippen molar-refractivity contribution in [2.24, 2.45) is 5.92 Å². The molecule has 0 aromatic heterocycles. The van der Waals surface area contributed by atoms with Gasteiger partial charge >= 0.3 is 5.97 Å². The summed E-state index contributed by atoms with van der Waals surface area (Å²) in [6.07, 6.45) is 5.43. The van der Waals surface area contributed by atoms with E-state index in [-0.39, 0.29) is 12.0 Å². The maximum Gasteiger partial charge on any atom is 0.323 e. The largest absolute Gasteiger partial charge is 0.465 e. The van der Waals surface area contributed by atoms with Crippen LogP contribution in [0, 0.1) is 5.92 Å². The van der Waals surface area contributed by atoms with Crippen LogP contribution in [0.1, 0.15) is 46.0 Å². The Morgan fingerprint density at radius 2 is 2.20 bits per heavy atom. The molecule has 0 saturated carbocycles. The lowest BCUT2D eigenvalue weighted by Gasteiger charge is -2.15. The quantitative estimate of drug-likeness (QED) is 0.727. The summed E-state index contributed by atoms with van der Waals surface area (Å²) < 4.78 is 5.25. The van der Waals surface area contributed by atoms with Crippen molar-refractivity contribution in [1.29, 1.82) is 0 Å². The minimum atomic E-state index is -0.0578. The molecule has 0 aromatic rings. The van der Waals surface area contributed by atoms with E-state index in [1.54, 1.807) is 0 Å². The summed E-state index contributed by atoms with van der Waals surface area (Å²) in [5.74, 6) is 0.539. The summed E-state index contributed by atoms with van der Waals surface area (Å²) in [6, 6.07) is -0.0559. The molecule has 0 spiro atoms. The van der Waals surface area contributed by atoms with Crippen molar-refractivity contribution >= 4 is 5.97 Å². The third kappa shape index (κ3) is 5.17. The molecule has 15 heavy (non-hydrogen) atoms. The molecule has 3 nitrogen and oxygen atoms in total. The number of nitrogens with one attached hydrogen (secondary N) is 1. The van der Waals surface area contributed by atoms with Gasteiger partial charge in [-0.05, 0) is 31.7 Å². The van der Waals surface area contributed by atoms with Crippen molar-refractivity contribution in [2.45, 2.75) is 52.0 Å². The minimum Gasteiger partial charge on any atom is -0.465 e. The number of hydrogen-bond donors (Lipinski definition) is 1. The first-order valence-corrected chi connectivity index (χ1v) is 6.10. The number of carbonyl (C=O) groups is 1. The minimum absolute atomic E-state index is 0.0559. The first kappa shape index (κ1) is 12.5. The maximum atomic E-state index is 11.6. The molecule has 1 heterocycles. The van der Waals surface area contributed by atoms with Gasteiger partial charge in [0, 0.05) is 0 Å². The van der Waals surface area contributed by atoms with Crippen molar-refractivity contribution in [3.8, 4) is 0 Å². The zero-order chi connectivity index (χ0) is 11.1. The molecular weight excluding hydrogens is 190 g/mol. The molecule has 1 saturated heterocycles. The van der Waals surface area contributed by atoms with E-state index < -0.39 is 0 Å². The molecule has 1 fully saturated rings. The van der Waals surface area contributed by atoms with Crippen molar-refractivity contribution in [3.05, 3.63) is 0 Å². The highest BCUT2D eigenvalue weighted by atomic mass is 16.5. The predicted octanol–water partition coefficient (Wildman–Crippen LogP) is 2.11. The van der Waals surface area contributed by atoms with Gasteiger partial charge < -0.3 is 10.1 Å². The number of esters is 1. The van der Waals surface area contributed by atoms with E-state index >= 15 is 0 Å². The lowest BCUT2D eigenvalue weighted by molar-refractivity contribution is -0.146. The Hall–Kier alpha value is -0.570. The van der Waals surface area contributed by atoms with Gasteiger partial charge in [0.25, 0.3) is 0 Å². The summed E-state index contributed by atoms with van der Waals surface area (Å²) in [4.78, 5) is 11.6. The van der Waals surface area contributed by atoms with E-state index in [0.29, 0.717) is 12.5 Å². The zero-order valence-corrected chi connectivity index (χ0v) is 9.92. The second kappa shape index (κ2) is 6.83. The van der Waals surface area contributed by atoms with Crippen LogP contribution in [0.25, 0.3) is 0 Å². The molecule has 3 heteroatoms. The Morgan fingerprint density at radius 1 is 1.40 bits per heavy atom. The first-order valence-electron chi connectivity index (χ1n) is 6.10. The first-order chi connectivity index (χ1) is 7.20. The lowest BCUT2D eigenvalue weighted by atomic mass is 10.1. The van der Waals surface area contributed by atoms with Gasteiger partial charge in [0.1, 0.15) is 6.04 Å². The van der Waals surface area contributed by atoms with Gasteiger partial charge in [-0.1, -0.05) is 26.7 Å². The van der Waals surface area contributed by atoms with E-state index in [4.69, 9.17) is 4.74 Å². The zero-order valence-electron chi connectivity index (χ0n) is 9.92. The van der Waals surface area contributed by atoms with E-state index in [0.717, 1.165) is 25.8 Å². The number of hydrogen-bond acceptors (Lipinski definition) is 3. The second-order valence-electron chi connectivity index (χ2n) is 4.71. The fraction of sp³-hybridized carbons (Fsp3) is 0.917. The molecule has 88 valence electrons. The van der Waals surface area contributed by atoms with Crippen LogP contribution >= 0.6 is 0 Å². The third-order valence-electron chi connectivity index (χ3n) is 2.78. The van der Waals surface area contributed by atoms with E-state index in [1.165, 1.54) is 12.8 Å². The SMILES string of the molecule is CC(C)CCOC(=O)C1CCCCCN1. The predicted molar refractivity (Wildman–Crippen MR) is 60.7 cm³/mol. The highest BCUT2D eigenvalue weighted by molar-refractivity contribution is 5.75. The molecule has 0 aromatic carbocycles. The molecular formula is C12H23NO2. The molecule has 1 unspecified atom stereocenters. The summed E-state index contributed by atoms with van der Waals surface area (Å²) in [6.45, 7) is 5.79. The summed E-state index contributed by atoms with van der Waals surface area (Å²) >= 11 is 0. The second-order valence-corrected chi connectivity index (χ2v) is 4.71. The van der Waals surface area contributed by atoms with Gasteiger partial charge in [-0.2, -0.15) is 0 Å². The highest BCUT2D eigenvalue weighted by Gasteiger charge is 2.20. The van der Waals surface area contributed by atoms with Crippen LogP contribution in [-0.2, 0) is 9.53 Å². The molecule has 1 rings (SSSR count). The average molecular weight is 213 g/mol. The molecule has 1 aliphatic rings. The van der Waals surface area contributed by atoms with Crippen LogP contribution < -0.4 is 5.32 Å². The van der Waals surface area contributed by atoms with Crippen LogP contribution in [0.5, 0.6) is 0 Å². The normalized spacial score (nSPS) is 22.5. The van der Waals surface area contributed by atoms with Gasteiger partial charge in [-0.3, -0.25) is 4.79 Å². The summed E-state index contributed by atoms with van der Waals surface area (Å²) in [5, 5.41) is 3.24. The van der Waals surface area contributed by atoms with E-state index in [2.05, 4.69) is 19.2 Å². The van der Waals surface area contributed by atoms with Crippen molar-refractivity contribution in [1.82, 2.24) is 5.32 Å². The average Bonchev–Trinajstić information content (AvgIpc) is 2.44. The van der Waals surface area contributed by atoms with Crippen LogP contribution in [0.4, 0.5) is 0 Å². The third-order valence-corrected chi connectivity index (χ3v) is 2.78. The van der Waals surface area contributed by atoms with E-state index in [9.17, 15) is 4.79 Å². The standard InChI is InChI=1S/C12H23NO2/c1-10(2)7-9-15-12(14)11-6-4-3-5-8-13-11/h10-11,13H,3-9H2,1-2H3. The molecule has 1 atom stereocenters. The lowest BCUT2D eigenvalue weighted by Crippen LogP contribution is -2.37. The molecule has 1 aliphatic heterocycles. The van der Waals surface area contributed by atoms with Gasteiger partial charge in [0.15, 0.2) is 0 Å². The van der Waals surface area contributed by atoms with Gasteiger partial charge in [-0.15, -0.1) is 0 Å². The van der Waals surface area contributed by atoms with Crippen molar-refractivity contribution < 1.29 is 9.53 Å². The number of rotatable bonds is 4. The molecule has 0 bridgehead atoms. The Kier molecular flexibility index (Phi) is 5.69. The summed E-state index contributed by atoms with van der Waals surface area (Å²) in [5.41, 5.74) is 0. The van der Waals surface area contributed by atoms with Gasteiger partial charge in [0.2, 0.25) is 0 Å². The fourth-order valence-electron chi connectivity index (χ4n) is 1.73. The maximum absolute atomic E-state index is 11.6. The smallest absolute Gasteiger partial charge is 0.323 e. The Bertz CT molecular complexity index is 184. The van der Waals surface area contributed by atoms with Crippen LogP contribution in [0.3, 0.4) is 0 Å². The molecule has 0 amide bonds. The fourth-order valence-corrected chi connectivity index (χ4v) is 1.73. The molecule has 0 aliphatic carbocycles. The Morgan fingerprint density at radius 3 is 2.93 bits per heavy atom. The van der Waals surface area contributed by atoms with E-state index in [1.807, 2.05) is 0 Å². The highest BCUT2D eigenvalue weighted by Crippen LogP contribution is 2.10. The van der Waals surface area contributed by atoms with Crippen LogP contribution in [0.15, 0.2) is 0 Å². The van der Waals surface area contributed by atoms with Gasteiger partial charge in [-0.25, -0.2) is 0 Å². The Labute approximate surface area is 92.6 Å². The van der Waals surface area contributed by atoms with Crippen LogP contribution in [0.2, 0.25) is 0 Å². The summed E-state index contributed by atoms with van der Waals surface area (Å²) in [7, 11) is 0.